The van der Waals surface area contributed by atoms with Crippen LogP contribution in [-0.2, 0) is 13.6 Å². The fourth-order valence-electron chi connectivity index (χ4n) is 3.60. The molecule has 1 saturated carbocycles. The minimum absolute atomic E-state index is 0.486. The molecule has 0 aromatic carbocycles. The summed E-state index contributed by atoms with van der Waals surface area (Å²) in [6.07, 6.45) is 6.80. The highest BCUT2D eigenvalue weighted by atomic mass is 16.5. The van der Waals surface area contributed by atoms with E-state index in [0.29, 0.717) is 30.9 Å². The van der Waals surface area contributed by atoms with Gasteiger partial charge in [-0.15, -0.1) is 0 Å². The zero-order chi connectivity index (χ0) is 19.8. The molecule has 0 aliphatic heterocycles. The van der Waals surface area contributed by atoms with Crippen LogP contribution in [0.5, 0.6) is 5.88 Å². The standard InChI is InChI=1S/C21H23N7O/c1-14-7-20-25-21(29-13-16-8-17(16)18-5-3-4-6-22-18)9-19(28(20)26-14)23-10-15-11-24-27(2)12-15/h3-7,9,11-12,16-17,23H,8,10,13H2,1-2H3/t16-,17+/m1/s1. The summed E-state index contributed by atoms with van der Waals surface area (Å²) >= 11 is 0. The average Bonchev–Trinajstić information content (AvgIpc) is 3.23. The van der Waals surface area contributed by atoms with E-state index in [1.54, 1.807) is 4.68 Å². The predicted molar refractivity (Wildman–Crippen MR) is 109 cm³/mol. The van der Waals surface area contributed by atoms with Gasteiger partial charge in [0.2, 0.25) is 5.88 Å². The van der Waals surface area contributed by atoms with Gasteiger partial charge in [-0.1, -0.05) is 6.07 Å². The maximum atomic E-state index is 6.06. The summed E-state index contributed by atoms with van der Waals surface area (Å²) in [4.78, 5) is 9.08. The first-order valence-electron chi connectivity index (χ1n) is 9.78. The Bertz CT molecular complexity index is 1130. The molecule has 148 valence electrons. The lowest BCUT2D eigenvalue weighted by Crippen LogP contribution is -2.08. The quantitative estimate of drug-likeness (QED) is 0.523. The third kappa shape index (κ3) is 3.78. The van der Waals surface area contributed by atoms with Crippen molar-refractivity contribution in [2.45, 2.75) is 25.8 Å². The van der Waals surface area contributed by atoms with E-state index in [9.17, 15) is 0 Å². The zero-order valence-corrected chi connectivity index (χ0v) is 16.5. The molecule has 1 aliphatic carbocycles. The van der Waals surface area contributed by atoms with Crippen molar-refractivity contribution in [3.63, 3.8) is 0 Å². The van der Waals surface area contributed by atoms with Gasteiger partial charge in [0.05, 0.1) is 18.5 Å². The van der Waals surface area contributed by atoms with Crippen molar-refractivity contribution < 1.29 is 4.74 Å². The average molecular weight is 389 g/mol. The van der Waals surface area contributed by atoms with Crippen LogP contribution in [0.2, 0.25) is 0 Å². The van der Waals surface area contributed by atoms with Crippen molar-refractivity contribution in [3.05, 3.63) is 65.9 Å². The lowest BCUT2D eigenvalue weighted by molar-refractivity contribution is 0.286. The van der Waals surface area contributed by atoms with Gasteiger partial charge in [-0.25, -0.2) is 0 Å². The van der Waals surface area contributed by atoms with Gasteiger partial charge in [0.1, 0.15) is 5.82 Å². The summed E-state index contributed by atoms with van der Waals surface area (Å²) in [5, 5.41) is 12.2. The van der Waals surface area contributed by atoms with Crippen LogP contribution in [0.3, 0.4) is 0 Å². The molecule has 0 unspecified atom stereocenters. The van der Waals surface area contributed by atoms with E-state index in [1.165, 1.54) is 0 Å². The van der Waals surface area contributed by atoms with E-state index in [-0.39, 0.29) is 0 Å². The van der Waals surface area contributed by atoms with Crippen LogP contribution in [0.1, 0.15) is 29.3 Å². The molecule has 4 aromatic heterocycles. The van der Waals surface area contributed by atoms with Gasteiger partial charge in [0, 0.05) is 61.2 Å². The number of fused-ring (bicyclic) bond motifs is 1. The summed E-state index contributed by atoms with van der Waals surface area (Å²) in [5.74, 6) is 2.43. The number of aromatic nitrogens is 6. The lowest BCUT2D eigenvalue weighted by Gasteiger charge is -2.11. The molecule has 1 fully saturated rings. The number of rotatable bonds is 7. The van der Waals surface area contributed by atoms with Gasteiger partial charge in [-0.3, -0.25) is 9.67 Å². The number of ether oxygens (including phenoxy) is 1. The molecule has 0 bridgehead atoms. The minimum atomic E-state index is 0.486. The molecular weight excluding hydrogens is 366 g/mol. The van der Waals surface area contributed by atoms with Gasteiger partial charge in [-0.05, 0) is 25.5 Å². The van der Waals surface area contributed by atoms with Gasteiger partial charge in [-0.2, -0.15) is 19.7 Å². The van der Waals surface area contributed by atoms with Crippen LogP contribution in [-0.4, -0.2) is 36.0 Å². The molecule has 0 spiro atoms. The molecule has 4 aromatic rings. The minimum Gasteiger partial charge on any atom is -0.477 e. The zero-order valence-electron chi connectivity index (χ0n) is 16.5. The summed E-state index contributed by atoms with van der Waals surface area (Å²) < 4.78 is 9.66. The van der Waals surface area contributed by atoms with Crippen molar-refractivity contribution in [3.8, 4) is 5.88 Å². The summed E-state index contributed by atoms with van der Waals surface area (Å²) in [6.45, 7) is 3.25. The molecule has 2 atom stereocenters. The second-order valence-corrected chi connectivity index (χ2v) is 7.58. The van der Waals surface area contributed by atoms with E-state index >= 15 is 0 Å². The number of hydrogen-bond donors (Lipinski definition) is 1. The number of nitrogens with zero attached hydrogens (tertiary/aromatic N) is 6. The first kappa shape index (κ1) is 17.7. The highest BCUT2D eigenvalue weighted by Crippen LogP contribution is 2.46. The third-order valence-corrected chi connectivity index (χ3v) is 5.19. The molecule has 1 N–H and O–H groups in total. The van der Waals surface area contributed by atoms with E-state index in [4.69, 9.17) is 4.74 Å². The summed E-state index contributed by atoms with van der Waals surface area (Å²) in [7, 11) is 1.91. The van der Waals surface area contributed by atoms with Crippen molar-refractivity contribution in [1.82, 2.24) is 29.4 Å². The summed E-state index contributed by atoms with van der Waals surface area (Å²) in [5.41, 5.74) is 3.93. The van der Waals surface area contributed by atoms with Crippen LogP contribution in [0.4, 0.5) is 5.82 Å². The Balaban J connectivity index is 1.30. The Morgan fingerprint density at radius 2 is 2.21 bits per heavy atom. The number of pyridine rings is 1. The number of nitrogens with one attached hydrogen (secondary N) is 1. The Morgan fingerprint density at radius 1 is 1.28 bits per heavy atom. The summed E-state index contributed by atoms with van der Waals surface area (Å²) in [6, 6.07) is 9.94. The van der Waals surface area contributed by atoms with Crippen LogP contribution >= 0.6 is 0 Å². The van der Waals surface area contributed by atoms with Crippen molar-refractivity contribution in [2.75, 3.05) is 11.9 Å². The Labute approximate surface area is 168 Å². The fourth-order valence-corrected chi connectivity index (χ4v) is 3.60. The molecule has 29 heavy (non-hydrogen) atoms. The molecule has 1 aliphatic rings. The molecule has 0 radical (unpaired) electrons. The molecular formula is C21H23N7O. The predicted octanol–water partition coefficient (Wildman–Crippen LogP) is 2.96. The highest BCUT2D eigenvalue weighted by Gasteiger charge is 2.39. The van der Waals surface area contributed by atoms with E-state index < -0.39 is 0 Å². The SMILES string of the molecule is Cc1cc2nc(OC[C@H]3C[C@@H]3c3ccccn3)cc(NCc3cnn(C)c3)n2n1. The van der Waals surface area contributed by atoms with Gasteiger partial charge in [0.15, 0.2) is 5.65 Å². The lowest BCUT2D eigenvalue weighted by atomic mass is 10.2. The Hall–Kier alpha value is -3.42. The van der Waals surface area contributed by atoms with Crippen molar-refractivity contribution in [1.29, 1.82) is 0 Å². The van der Waals surface area contributed by atoms with Crippen LogP contribution in [0, 0.1) is 12.8 Å². The maximum absolute atomic E-state index is 6.06. The topological polar surface area (TPSA) is 82.2 Å². The largest absolute Gasteiger partial charge is 0.477 e. The first-order valence-corrected chi connectivity index (χ1v) is 9.78. The Kier molecular flexibility index (Phi) is 4.38. The molecule has 0 saturated heterocycles. The molecule has 0 amide bonds. The molecule has 5 rings (SSSR count). The molecule has 4 heterocycles. The van der Waals surface area contributed by atoms with Crippen molar-refractivity contribution in [2.24, 2.45) is 13.0 Å². The van der Waals surface area contributed by atoms with Crippen LogP contribution in [0.25, 0.3) is 5.65 Å². The van der Waals surface area contributed by atoms with Crippen LogP contribution in [0.15, 0.2) is 48.9 Å². The second kappa shape index (κ2) is 7.20. The van der Waals surface area contributed by atoms with E-state index in [2.05, 4.69) is 31.5 Å². The Morgan fingerprint density at radius 3 is 3.00 bits per heavy atom. The molecule has 8 nitrogen and oxygen atoms in total. The second-order valence-electron chi connectivity index (χ2n) is 7.58. The van der Waals surface area contributed by atoms with Crippen LogP contribution < -0.4 is 10.1 Å². The number of anilines is 1. The fraction of sp³-hybridized carbons (Fsp3) is 0.333. The number of aryl methyl sites for hydroxylation is 2. The molecule has 8 heteroatoms. The van der Waals surface area contributed by atoms with Gasteiger partial charge in [0.25, 0.3) is 0 Å². The number of hydrogen-bond acceptors (Lipinski definition) is 6. The van der Waals surface area contributed by atoms with Gasteiger partial charge < -0.3 is 10.1 Å². The highest BCUT2D eigenvalue weighted by molar-refractivity contribution is 5.52. The van der Waals surface area contributed by atoms with Crippen molar-refractivity contribution >= 4 is 11.5 Å². The smallest absolute Gasteiger partial charge is 0.219 e. The van der Waals surface area contributed by atoms with E-state index in [0.717, 1.165) is 34.8 Å². The third-order valence-electron chi connectivity index (χ3n) is 5.19. The monoisotopic (exact) mass is 389 g/mol. The van der Waals surface area contributed by atoms with E-state index in [1.807, 2.05) is 61.3 Å². The van der Waals surface area contributed by atoms with Gasteiger partial charge >= 0.3 is 0 Å². The normalized spacial score (nSPS) is 18.1. The first-order chi connectivity index (χ1) is 14.2. The maximum Gasteiger partial charge on any atom is 0.219 e.